The van der Waals surface area contributed by atoms with Gasteiger partial charge in [-0.25, -0.2) is 14.3 Å². The number of hydrogen-bond donors (Lipinski definition) is 0. The van der Waals surface area contributed by atoms with Crippen molar-refractivity contribution in [3.05, 3.63) is 90.0 Å². The van der Waals surface area contributed by atoms with Crippen molar-refractivity contribution in [3.63, 3.8) is 0 Å². The van der Waals surface area contributed by atoms with E-state index in [1.165, 1.54) is 31.4 Å². The number of methoxy groups -OCH3 is 1. The maximum atomic E-state index is 13.7. The highest BCUT2D eigenvalue weighted by Gasteiger charge is 2.44. The Morgan fingerprint density at radius 3 is 2.18 bits per heavy atom. The molecule has 0 radical (unpaired) electrons. The van der Waals surface area contributed by atoms with Gasteiger partial charge in [0.25, 0.3) is 11.8 Å². The zero-order valence-electron chi connectivity index (χ0n) is 18.6. The fraction of sp³-hybridized carbons (Fsp3) is 0.192. The van der Waals surface area contributed by atoms with Gasteiger partial charge >= 0.3 is 0 Å². The van der Waals surface area contributed by atoms with Gasteiger partial charge < -0.3 is 14.5 Å². The van der Waals surface area contributed by atoms with E-state index in [2.05, 4.69) is 9.88 Å². The van der Waals surface area contributed by atoms with Crippen LogP contribution >= 0.6 is 0 Å². The summed E-state index contributed by atoms with van der Waals surface area (Å²) in [5, 5.41) is 0. The van der Waals surface area contributed by atoms with Gasteiger partial charge in [0, 0.05) is 32.4 Å². The van der Waals surface area contributed by atoms with E-state index in [-0.39, 0.29) is 5.57 Å². The lowest BCUT2D eigenvalue weighted by Crippen LogP contribution is -2.48. The highest BCUT2D eigenvalue weighted by molar-refractivity contribution is 6.45. The Kier molecular flexibility index (Phi) is 5.71. The molecule has 0 N–H and O–H groups in total. The van der Waals surface area contributed by atoms with Crippen molar-refractivity contribution >= 4 is 28.9 Å². The minimum absolute atomic E-state index is 0.266. The number of amides is 2. The summed E-state index contributed by atoms with van der Waals surface area (Å²) in [7, 11) is 1.50. The molecular weight excluding hydrogens is 435 g/mol. The van der Waals surface area contributed by atoms with Crippen LogP contribution in [0.2, 0.25) is 0 Å². The molecule has 2 amide bonds. The third-order valence-electron chi connectivity index (χ3n) is 6.09. The van der Waals surface area contributed by atoms with E-state index in [4.69, 9.17) is 4.74 Å². The second-order valence-corrected chi connectivity index (χ2v) is 8.01. The van der Waals surface area contributed by atoms with Crippen LogP contribution in [-0.2, 0) is 9.59 Å². The molecule has 0 saturated carbocycles. The fourth-order valence-corrected chi connectivity index (χ4v) is 4.42. The number of pyridine rings is 1. The number of halogens is 1. The summed E-state index contributed by atoms with van der Waals surface area (Å²) in [6.45, 7) is 2.37. The maximum Gasteiger partial charge on any atom is 0.282 e. The minimum atomic E-state index is -0.455. The molecule has 2 aromatic carbocycles. The summed E-state index contributed by atoms with van der Waals surface area (Å²) >= 11 is 0. The molecule has 2 aliphatic rings. The summed E-state index contributed by atoms with van der Waals surface area (Å²) in [6.07, 6.45) is 1.75. The predicted molar refractivity (Wildman–Crippen MR) is 127 cm³/mol. The van der Waals surface area contributed by atoms with Crippen LogP contribution in [0.4, 0.5) is 15.9 Å². The van der Waals surface area contributed by atoms with E-state index in [1.54, 1.807) is 30.5 Å². The number of piperazine rings is 1. The summed E-state index contributed by atoms with van der Waals surface area (Å²) in [4.78, 5) is 37.0. The van der Waals surface area contributed by atoms with Gasteiger partial charge in [0.15, 0.2) is 0 Å². The Balaban J connectivity index is 1.52. The molecule has 5 rings (SSSR count). The van der Waals surface area contributed by atoms with Gasteiger partial charge in [-0.15, -0.1) is 0 Å². The number of benzene rings is 2. The number of carbonyl (C=O) groups is 2. The van der Waals surface area contributed by atoms with E-state index in [0.29, 0.717) is 48.9 Å². The van der Waals surface area contributed by atoms with Crippen molar-refractivity contribution < 1.29 is 18.7 Å². The molecule has 172 valence electrons. The Labute approximate surface area is 196 Å². The molecule has 7 nitrogen and oxygen atoms in total. The number of aromatic nitrogens is 1. The summed E-state index contributed by atoms with van der Waals surface area (Å²) in [5.74, 6) is 0.0137. The molecule has 8 heteroatoms. The van der Waals surface area contributed by atoms with E-state index < -0.39 is 17.6 Å². The third kappa shape index (κ3) is 3.77. The number of anilines is 2. The number of rotatable bonds is 5. The lowest BCUT2D eigenvalue weighted by molar-refractivity contribution is -0.120. The quantitative estimate of drug-likeness (QED) is 0.547. The largest absolute Gasteiger partial charge is 0.495 e. The smallest absolute Gasteiger partial charge is 0.282 e. The van der Waals surface area contributed by atoms with Crippen molar-refractivity contribution in [1.29, 1.82) is 0 Å². The molecule has 3 heterocycles. The molecule has 2 aliphatic heterocycles. The molecule has 34 heavy (non-hydrogen) atoms. The number of ether oxygens (including phenoxy) is 1. The lowest BCUT2D eigenvalue weighted by atomic mass is 10.0. The second kappa shape index (κ2) is 8.97. The average Bonchev–Trinajstić information content (AvgIpc) is 3.14. The molecule has 1 fully saturated rings. The average molecular weight is 458 g/mol. The molecule has 1 aromatic heterocycles. The maximum absolute atomic E-state index is 13.7. The van der Waals surface area contributed by atoms with Crippen molar-refractivity contribution in [2.24, 2.45) is 0 Å². The highest BCUT2D eigenvalue weighted by Crippen LogP contribution is 2.38. The first-order valence-electron chi connectivity index (χ1n) is 11.0. The topological polar surface area (TPSA) is 66.0 Å². The molecule has 0 spiro atoms. The standard InChI is InChI=1S/C26H23FN4O3/c1-34-21-7-3-2-6-20(21)31-25(32)23(18-9-11-19(27)12-10-18)24(26(31)33)30-16-14-29(15-17-30)22-8-4-5-13-28-22/h2-13H,14-17H2,1H3. The van der Waals surface area contributed by atoms with Crippen LogP contribution in [0.15, 0.2) is 78.6 Å². The van der Waals surface area contributed by atoms with Crippen molar-refractivity contribution in [2.45, 2.75) is 0 Å². The highest BCUT2D eigenvalue weighted by atomic mass is 19.1. The number of imide groups is 1. The third-order valence-corrected chi connectivity index (χ3v) is 6.09. The number of para-hydroxylation sites is 2. The SMILES string of the molecule is COc1ccccc1N1C(=O)C(c2ccc(F)cc2)=C(N2CCN(c3ccccn3)CC2)C1=O. The summed E-state index contributed by atoms with van der Waals surface area (Å²) in [6, 6.07) is 18.3. The van der Waals surface area contributed by atoms with Crippen LogP contribution in [0, 0.1) is 5.82 Å². The van der Waals surface area contributed by atoms with Gasteiger partial charge in [-0.3, -0.25) is 9.59 Å². The van der Waals surface area contributed by atoms with E-state index in [0.717, 1.165) is 10.7 Å². The van der Waals surface area contributed by atoms with Gasteiger partial charge in [-0.1, -0.05) is 30.3 Å². The number of carbonyl (C=O) groups excluding carboxylic acids is 2. The first-order valence-corrected chi connectivity index (χ1v) is 11.0. The lowest BCUT2D eigenvalue weighted by Gasteiger charge is -2.37. The molecule has 0 unspecified atom stereocenters. The minimum Gasteiger partial charge on any atom is -0.495 e. The van der Waals surface area contributed by atoms with Gasteiger partial charge in [0.2, 0.25) is 0 Å². The van der Waals surface area contributed by atoms with Crippen molar-refractivity contribution in [1.82, 2.24) is 9.88 Å². The molecule has 0 aliphatic carbocycles. The van der Waals surface area contributed by atoms with Crippen LogP contribution in [0.3, 0.4) is 0 Å². The predicted octanol–water partition coefficient (Wildman–Crippen LogP) is 3.34. The van der Waals surface area contributed by atoms with E-state index in [1.807, 2.05) is 23.1 Å². The normalized spacial score (nSPS) is 16.5. The summed E-state index contributed by atoms with van der Waals surface area (Å²) in [5.41, 5.74) is 1.46. The van der Waals surface area contributed by atoms with Gasteiger partial charge in [0.05, 0.1) is 18.4 Å². The molecular formula is C26H23FN4O3. The molecule has 1 saturated heterocycles. The van der Waals surface area contributed by atoms with Crippen molar-refractivity contribution in [2.75, 3.05) is 43.1 Å². The molecule has 3 aromatic rings. The zero-order valence-corrected chi connectivity index (χ0v) is 18.6. The fourth-order valence-electron chi connectivity index (χ4n) is 4.42. The summed E-state index contributed by atoms with van der Waals surface area (Å²) < 4.78 is 19.0. The Morgan fingerprint density at radius 1 is 0.824 bits per heavy atom. The first-order chi connectivity index (χ1) is 16.6. The zero-order chi connectivity index (χ0) is 23.7. The van der Waals surface area contributed by atoms with Gasteiger partial charge in [-0.05, 0) is 42.0 Å². The van der Waals surface area contributed by atoms with Crippen LogP contribution < -0.4 is 14.5 Å². The first kappa shape index (κ1) is 21.6. The van der Waals surface area contributed by atoms with Gasteiger partial charge in [0.1, 0.15) is 23.1 Å². The Hall–Kier alpha value is -4.20. The molecule has 0 atom stereocenters. The monoisotopic (exact) mass is 458 g/mol. The van der Waals surface area contributed by atoms with Gasteiger partial charge in [-0.2, -0.15) is 0 Å². The number of nitrogens with zero attached hydrogens (tertiary/aromatic N) is 4. The van der Waals surface area contributed by atoms with E-state index >= 15 is 0 Å². The second-order valence-electron chi connectivity index (χ2n) is 8.01. The Bertz CT molecular complexity index is 1250. The molecule has 0 bridgehead atoms. The van der Waals surface area contributed by atoms with Crippen LogP contribution in [-0.4, -0.2) is 55.0 Å². The van der Waals surface area contributed by atoms with Crippen LogP contribution in [0.5, 0.6) is 5.75 Å². The van der Waals surface area contributed by atoms with Crippen molar-refractivity contribution in [3.8, 4) is 5.75 Å². The van der Waals surface area contributed by atoms with E-state index in [9.17, 15) is 14.0 Å². The van der Waals surface area contributed by atoms with Crippen LogP contribution in [0.25, 0.3) is 5.57 Å². The van der Waals surface area contributed by atoms with Crippen LogP contribution in [0.1, 0.15) is 5.56 Å². The Morgan fingerprint density at radius 2 is 1.50 bits per heavy atom. The number of hydrogen-bond acceptors (Lipinski definition) is 6.